The summed E-state index contributed by atoms with van der Waals surface area (Å²) in [5.41, 5.74) is 2.13. The summed E-state index contributed by atoms with van der Waals surface area (Å²) in [6.45, 7) is 1.17. The van der Waals surface area contributed by atoms with Crippen LogP contribution in [0.5, 0.6) is 0 Å². The Kier molecular flexibility index (Phi) is 6.99. The lowest BCUT2D eigenvalue weighted by atomic mass is 9.97. The Balaban J connectivity index is 1.22. The molecule has 0 unspecified atom stereocenters. The number of rotatable bonds is 7. The number of aromatic nitrogens is 1. The second-order valence-corrected chi connectivity index (χ2v) is 7.88. The van der Waals surface area contributed by atoms with Gasteiger partial charge in [-0.2, -0.15) is 0 Å². The van der Waals surface area contributed by atoms with Crippen LogP contribution in [0.1, 0.15) is 30.4 Å². The fraction of sp³-hybridized carbons (Fsp3) is 0.320. The summed E-state index contributed by atoms with van der Waals surface area (Å²) < 4.78 is 46.4. The van der Waals surface area contributed by atoms with Crippen molar-refractivity contribution in [3.05, 3.63) is 83.3 Å². The molecule has 0 amide bonds. The van der Waals surface area contributed by atoms with Crippen LogP contribution >= 0.6 is 0 Å². The number of benzene rings is 2. The molecule has 1 aliphatic heterocycles. The van der Waals surface area contributed by atoms with Crippen molar-refractivity contribution in [2.24, 2.45) is 0 Å². The quantitative estimate of drug-likeness (QED) is 0.547. The van der Waals surface area contributed by atoms with E-state index in [4.69, 9.17) is 4.74 Å². The Hall–Kier alpha value is -2.70. The average molecular weight is 426 g/mol. The maximum atomic E-state index is 13.6. The highest BCUT2D eigenvalue weighted by molar-refractivity contribution is 5.81. The monoisotopic (exact) mass is 426 g/mol. The molecule has 2 heterocycles. The van der Waals surface area contributed by atoms with Gasteiger partial charge < -0.3 is 10.1 Å². The Bertz CT molecular complexity index is 1060. The normalized spacial score (nSPS) is 19.3. The second kappa shape index (κ2) is 10.1. The molecule has 1 aliphatic rings. The van der Waals surface area contributed by atoms with Gasteiger partial charge in [-0.15, -0.1) is 0 Å². The van der Waals surface area contributed by atoms with Gasteiger partial charge in [0.2, 0.25) is 0 Å². The molecular formula is C25H25F3N2O. The van der Waals surface area contributed by atoms with Crippen molar-refractivity contribution in [3.63, 3.8) is 0 Å². The van der Waals surface area contributed by atoms with Gasteiger partial charge in [0.05, 0.1) is 18.2 Å². The minimum absolute atomic E-state index is 0.173. The number of nitrogens with one attached hydrogen (secondary N) is 1. The maximum Gasteiger partial charge on any atom is 0.130 e. The Morgan fingerprint density at radius 2 is 1.87 bits per heavy atom. The first-order chi connectivity index (χ1) is 15.1. The van der Waals surface area contributed by atoms with Crippen molar-refractivity contribution in [2.45, 2.75) is 37.8 Å². The topological polar surface area (TPSA) is 34.2 Å². The molecule has 1 aromatic heterocycles. The van der Waals surface area contributed by atoms with Gasteiger partial charge in [0.15, 0.2) is 0 Å². The van der Waals surface area contributed by atoms with E-state index in [9.17, 15) is 13.2 Å². The first-order valence-electron chi connectivity index (χ1n) is 10.6. The van der Waals surface area contributed by atoms with Gasteiger partial charge in [-0.1, -0.05) is 12.2 Å². The van der Waals surface area contributed by atoms with E-state index in [1.165, 1.54) is 12.1 Å². The lowest BCUT2D eigenvalue weighted by Gasteiger charge is -2.29. The van der Waals surface area contributed by atoms with Crippen LogP contribution in [0.3, 0.4) is 0 Å². The zero-order chi connectivity index (χ0) is 21.6. The van der Waals surface area contributed by atoms with Gasteiger partial charge in [0.25, 0.3) is 0 Å². The third kappa shape index (κ3) is 5.71. The van der Waals surface area contributed by atoms with E-state index in [0.717, 1.165) is 54.3 Å². The zero-order valence-electron chi connectivity index (χ0n) is 17.2. The molecule has 1 N–H and O–H groups in total. The third-order valence-electron chi connectivity index (χ3n) is 5.68. The van der Waals surface area contributed by atoms with E-state index >= 15 is 0 Å². The van der Waals surface area contributed by atoms with Crippen molar-refractivity contribution < 1.29 is 17.9 Å². The summed E-state index contributed by atoms with van der Waals surface area (Å²) in [5.74, 6) is -1.14. The van der Waals surface area contributed by atoms with Crippen LogP contribution < -0.4 is 5.32 Å². The fourth-order valence-corrected chi connectivity index (χ4v) is 3.97. The fourth-order valence-electron chi connectivity index (χ4n) is 3.97. The van der Waals surface area contributed by atoms with Crippen molar-refractivity contribution >= 4 is 17.0 Å². The molecule has 0 aliphatic carbocycles. The summed E-state index contributed by atoms with van der Waals surface area (Å²) >= 11 is 0. The second-order valence-electron chi connectivity index (χ2n) is 7.88. The maximum absolute atomic E-state index is 13.6. The number of hydrogen-bond donors (Lipinski definition) is 1. The minimum Gasteiger partial charge on any atom is -0.377 e. The van der Waals surface area contributed by atoms with Crippen LogP contribution in [0, 0.1) is 17.5 Å². The van der Waals surface area contributed by atoms with Gasteiger partial charge in [0, 0.05) is 29.7 Å². The number of pyridine rings is 1. The molecule has 0 spiro atoms. The van der Waals surface area contributed by atoms with Gasteiger partial charge >= 0.3 is 0 Å². The van der Waals surface area contributed by atoms with Gasteiger partial charge in [-0.3, -0.25) is 4.98 Å². The molecule has 0 bridgehead atoms. The van der Waals surface area contributed by atoms with Gasteiger partial charge in [0.1, 0.15) is 17.5 Å². The molecular weight excluding hydrogens is 401 g/mol. The van der Waals surface area contributed by atoms with Crippen molar-refractivity contribution in [2.75, 3.05) is 13.2 Å². The van der Waals surface area contributed by atoms with Crippen molar-refractivity contribution in [1.29, 1.82) is 0 Å². The molecule has 3 nitrogen and oxygen atoms in total. The highest BCUT2D eigenvalue weighted by atomic mass is 19.1. The number of aryl methyl sites for hydroxylation is 1. The van der Waals surface area contributed by atoms with Crippen molar-refractivity contribution in [3.8, 4) is 0 Å². The smallest absolute Gasteiger partial charge is 0.130 e. The molecule has 1 fully saturated rings. The minimum atomic E-state index is -0.453. The van der Waals surface area contributed by atoms with Crippen molar-refractivity contribution in [1.82, 2.24) is 10.3 Å². The molecule has 1 saturated heterocycles. The van der Waals surface area contributed by atoms with Crippen LogP contribution in [-0.2, 0) is 11.2 Å². The van der Waals surface area contributed by atoms with E-state index in [2.05, 4.69) is 10.3 Å². The third-order valence-corrected chi connectivity index (χ3v) is 5.68. The van der Waals surface area contributed by atoms with Crippen LogP contribution in [0.15, 0.2) is 54.7 Å². The molecule has 3 aromatic rings. The van der Waals surface area contributed by atoms with E-state index in [-0.39, 0.29) is 23.5 Å². The predicted octanol–water partition coefficient (Wildman–Crippen LogP) is 5.44. The number of fused-ring (bicyclic) bond motifs is 1. The Morgan fingerprint density at radius 1 is 1.03 bits per heavy atom. The Labute approximate surface area is 180 Å². The van der Waals surface area contributed by atoms with E-state index < -0.39 is 11.6 Å². The van der Waals surface area contributed by atoms with Crippen LogP contribution in [0.2, 0.25) is 0 Å². The highest BCUT2D eigenvalue weighted by Crippen LogP contribution is 2.23. The standard InChI is InChI=1S/C25H25F3N2O/c26-19-4-9-24(28)18(14-19)2-1-12-29-21-6-8-22(31-16-21)7-3-17-11-13-30-25-10-5-20(27)15-23(17)25/h1-2,4-5,9-11,13-15,21-22,29H,3,6-8,12,16H2/b2-1+/t21-,22+/m0/s1. The van der Waals surface area contributed by atoms with Gasteiger partial charge in [-0.25, -0.2) is 13.2 Å². The summed E-state index contributed by atoms with van der Waals surface area (Å²) in [5, 5.41) is 4.23. The molecule has 162 valence electrons. The summed E-state index contributed by atoms with van der Waals surface area (Å²) in [4.78, 5) is 4.30. The van der Waals surface area contributed by atoms with Crippen LogP contribution in [-0.4, -0.2) is 30.3 Å². The number of hydrogen-bond acceptors (Lipinski definition) is 3. The van der Waals surface area contributed by atoms with E-state index in [1.807, 2.05) is 6.07 Å². The highest BCUT2D eigenvalue weighted by Gasteiger charge is 2.21. The van der Waals surface area contributed by atoms with E-state index in [1.54, 1.807) is 30.5 Å². The zero-order valence-corrected chi connectivity index (χ0v) is 17.2. The Morgan fingerprint density at radius 3 is 2.71 bits per heavy atom. The first-order valence-corrected chi connectivity index (χ1v) is 10.6. The molecule has 6 heteroatoms. The summed E-state index contributed by atoms with van der Waals surface area (Å²) in [6.07, 6.45) is 8.92. The number of nitrogens with zero attached hydrogens (tertiary/aromatic N) is 1. The number of halogens is 3. The average Bonchev–Trinajstić information content (AvgIpc) is 2.78. The molecule has 2 aromatic carbocycles. The number of ether oxygens (including phenoxy) is 1. The molecule has 0 saturated carbocycles. The summed E-state index contributed by atoms with van der Waals surface area (Å²) in [7, 11) is 0. The molecule has 2 atom stereocenters. The molecule has 0 radical (unpaired) electrons. The van der Waals surface area contributed by atoms with Crippen LogP contribution in [0.25, 0.3) is 17.0 Å². The summed E-state index contributed by atoms with van der Waals surface area (Å²) in [6, 6.07) is 10.3. The van der Waals surface area contributed by atoms with E-state index in [0.29, 0.717) is 13.2 Å². The predicted molar refractivity (Wildman–Crippen MR) is 116 cm³/mol. The first kappa shape index (κ1) is 21.5. The SMILES string of the molecule is Fc1ccc(F)c(/C=C/CN[C@H]2CC[C@@H](CCc3ccnc4ccc(F)cc34)OC2)c1. The molecule has 4 rings (SSSR count). The largest absolute Gasteiger partial charge is 0.377 e. The molecule has 31 heavy (non-hydrogen) atoms. The lowest BCUT2D eigenvalue weighted by molar-refractivity contribution is -0.00585. The van der Waals surface area contributed by atoms with Gasteiger partial charge in [-0.05, 0) is 73.7 Å². The lowest BCUT2D eigenvalue weighted by Crippen LogP contribution is -2.40. The van der Waals surface area contributed by atoms with Crippen LogP contribution in [0.4, 0.5) is 13.2 Å².